The first-order valence-corrected chi connectivity index (χ1v) is 7.83. The lowest BCUT2D eigenvalue weighted by atomic mass is 9.99. The maximum Gasteiger partial charge on any atom is 0.338 e. The van der Waals surface area contributed by atoms with Gasteiger partial charge in [-0.3, -0.25) is 10.1 Å². The van der Waals surface area contributed by atoms with Crippen LogP contribution in [-0.2, 0) is 4.74 Å². The highest BCUT2D eigenvalue weighted by Gasteiger charge is 2.18. The van der Waals surface area contributed by atoms with Crippen LogP contribution in [0.15, 0.2) is 42.5 Å². The Labute approximate surface area is 150 Å². The molecule has 0 N–H and O–H groups in total. The first-order valence-electron chi connectivity index (χ1n) is 7.83. The summed E-state index contributed by atoms with van der Waals surface area (Å²) in [6.45, 7) is 6.17. The van der Waals surface area contributed by atoms with Gasteiger partial charge in [-0.2, -0.15) is 5.26 Å². The first-order chi connectivity index (χ1) is 12.2. The molecular formula is C19H18N2O5. The monoisotopic (exact) mass is 354 g/mol. The summed E-state index contributed by atoms with van der Waals surface area (Å²) in [6.07, 6.45) is 0. The maximum atomic E-state index is 12.0. The predicted molar refractivity (Wildman–Crippen MR) is 94.1 cm³/mol. The quantitative estimate of drug-likeness (QED) is 0.446. The molecule has 0 aliphatic carbocycles. The highest BCUT2D eigenvalue weighted by atomic mass is 16.6. The van der Waals surface area contributed by atoms with E-state index < -0.39 is 10.9 Å². The number of rotatable bonds is 5. The summed E-state index contributed by atoms with van der Waals surface area (Å²) in [5, 5.41) is 20.0. The molecule has 0 radical (unpaired) electrons. The van der Waals surface area contributed by atoms with Crippen LogP contribution < -0.4 is 4.74 Å². The summed E-state index contributed by atoms with van der Waals surface area (Å²) >= 11 is 0. The number of nitro benzene ring substituents is 1. The molecule has 0 fully saturated rings. The van der Waals surface area contributed by atoms with E-state index in [0.29, 0.717) is 17.9 Å². The van der Waals surface area contributed by atoms with Crippen LogP contribution in [0.2, 0.25) is 0 Å². The van der Waals surface area contributed by atoms with Crippen molar-refractivity contribution < 1.29 is 19.2 Å². The molecule has 0 aliphatic heterocycles. The van der Waals surface area contributed by atoms with Gasteiger partial charge in [-0.25, -0.2) is 4.79 Å². The van der Waals surface area contributed by atoms with Crippen molar-refractivity contribution in [2.45, 2.75) is 20.8 Å². The van der Waals surface area contributed by atoms with Crippen LogP contribution in [-0.4, -0.2) is 17.5 Å². The maximum absolute atomic E-state index is 12.0. The molecule has 0 atom stereocenters. The standard InChI is InChI=1S/C19H18N2O5/c1-19(2,3)12-25-18(22)14-5-7-15(8-6-14)26-17-9-4-13(11-20)10-16(17)21(23)24/h4-10H,12H2,1-3H3. The van der Waals surface area contributed by atoms with Gasteiger partial charge in [0, 0.05) is 6.07 Å². The number of nitriles is 1. The van der Waals surface area contributed by atoms with Gasteiger partial charge in [0.2, 0.25) is 5.75 Å². The Hall–Kier alpha value is -3.40. The van der Waals surface area contributed by atoms with Gasteiger partial charge < -0.3 is 9.47 Å². The van der Waals surface area contributed by atoms with Crippen molar-refractivity contribution in [1.29, 1.82) is 5.26 Å². The minimum absolute atomic E-state index is 0.0112. The predicted octanol–water partition coefficient (Wildman–Crippen LogP) is 4.46. The summed E-state index contributed by atoms with van der Waals surface area (Å²) in [5.74, 6) is -0.113. The van der Waals surface area contributed by atoms with Crippen LogP contribution in [0, 0.1) is 26.9 Å². The fourth-order valence-corrected chi connectivity index (χ4v) is 1.97. The largest absolute Gasteiger partial charge is 0.462 e. The molecular weight excluding hydrogens is 336 g/mol. The number of carbonyl (C=O) groups is 1. The summed E-state index contributed by atoms with van der Waals surface area (Å²) in [5.41, 5.74) is 0.0855. The van der Waals surface area contributed by atoms with Crippen molar-refractivity contribution in [2.24, 2.45) is 5.41 Å². The number of benzene rings is 2. The molecule has 7 heteroatoms. The molecule has 0 bridgehead atoms. The summed E-state index contributed by atoms with van der Waals surface area (Å²) in [6, 6.07) is 11.9. The zero-order valence-corrected chi connectivity index (χ0v) is 14.7. The number of nitrogens with zero attached hydrogens (tertiary/aromatic N) is 2. The SMILES string of the molecule is CC(C)(C)COC(=O)c1ccc(Oc2ccc(C#N)cc2[N+](=O)[O-])cc1. The van der Waals surface area contributed by atoms with Crippen LogP contribution in [0.4, 0.5) is 5.69 Å². The lowest BCUT2D eigenvalue weighted by Crippen LogP contribution is -2.18. The highest BCUT2D eigenvalue weighted by molar-refractivity contribution is 5.89. The Bertz CT molecular complexity index is 861. The number of esters is 1. The van der Waals surface area contributed by atoms with Crippen molar-refractivity contribution in [2.75, 3.05) is 6.61 Å². The lowest BCUT2D eigenvalue weighted by Gasteiger charge is -2.17. The van der Waals surface area contributed by atoms with Crippen LogP contribution in [0.25, 0.3) is 0 Å². The Kier molecular flexibility index (Phi) is 5.58. The van der Waals surface area contributed by atoms with E-state index in [1.807, 2.05) is 26.8 Å². The zero-order valence-electron chi connectivity index (χ0n) is 14.7. The second kappa shape index (κ2) is 7.66. The third kappa shape index (κ3) is 5.05. The van der Waals surface area contributed by atoms with E-state index in [0.717, 1.165) is 6.07 Å². The molecule has 0 unspecified atom stereocenters. The van der Waals surface area contributed by atoms with Crippen molar-refractivity contribution >= 4 is 11.7 Å². The molecule has 7 nitrogen and oxygen atoms in total. The van der Waals surface area contributed by atoms with E-state index in [4.69, 9.17) is 14.7 Å². The summed E-state index contributed by atoms with van der Waals surface area (Å²) < 4.78 is 10.7. The molecule has 2 aromatic rings. The van der Waals surface area contributed by atoms with E-state index in [1.165, 1.54) is 36.4 Å². The topological polar surface area (TPSA) is 102 Å². The highest BCUT2D eigenvalue weighted by Crippen LogP contribution is 2.32. The van der Waals surface area contributed by atoms with Gasteiger partial charge in [-0.1, -0.05) is 20.8 Å². The van der Waals surface area contributed by atoms with Gasteiger partial charge in [-0.15, -0.1) is 0 Å². The summed E-state index contributed by atoms with van der Waals surface area (Å²) in [4.78, 5) is 22.5. The molecule has 0 saturated heterocycles. The Morgan fingerprint density at radius 1 is 1.19 bits per heavy atom. The second-order valence-corrected chi connectivity index (χ2v) is 6.81. The number of nitro groups is 1. The first kappa shape index (κ1) is 18.9. The Morgan fingerprint density at radius 2 is 1.85 bits per heavy atom. The van der Waals surface area contributed by atoms with E-state index in [9.17, 15) is 14.9 Å². The molecule has 26 heavy (non-hydrogen) atoms. The average molecular weight is 354 g/mol. The third-order valence-corrected chi connectivity index (χ3v) is 3.24. The summed E-state index contributed by atoms with van der Waals surface area (Å²) in [7, 11) is 0. The number of carbonyl (C=O) groups excluding carboxylic acids is 1. The van der Waals surface area contributed by atoms with Crippen LogP contribution in [0.3, 0.4) is 0 Å². The average Bonchev–Trinajstić information content (AvgIpc) is 2.60. The Balaban J connectivity index is 2.14. The van der Waals surface area contributed by atoms with Gasteiger partial charge in [-0.05, 0) is 41.8 Å². The minimum atomic E-state index is -0.617. The van der Waals surface area contributed by atoms with Gasteiger partial charge >= 0.3 is 11.7 Å². The fraction of sp³-hybridized carbons (Fsp3) is 0.263. The van der Waals surface area contributed by atoms with Crippen LogP contribution in [0.5, 0.6) is 11.5 Å². The molecule has 2 rings (SSSR count). The molecule has 0 spiro atoms. The molecule has 0 aromatic heterocycles. The van der Waals surface area contributed by atoms with Crippen molar-refractivity contribution in [1.82, 2.24) is 0 Å². The number of hydrogen-bond donors (Lipinski definition) is 0. The third-order valence-electron chi connectivity index (χ3n) is 3.24. The van der Waals surface area contributed by atoms with Crippen LogP contribution >= 0.6 is 0 Å². The second-order valence-electron chi connectivity index (χ2n) is 6.81. The van der Waals surface area contributed by atoms with E-state index in [-0.39, 0.29) is 22.4 Å². The fourth-order valence-electron chi connectivity index (χ4n) is 1.97. The van der Waals surface area contributed by atoms with Crippen molar-refractivity contribution in [3.63, 3.8) is 0 Å². The van der Waals surface area contributed by atoms with E-state index in [1.54, 1.807) is 0 Å². The Morgan fingerprint density at radius 3 is 2.38 bits per heavy atom. The normalized spacial score (nSPS) is 10.7. The van der Waals surface area contributed by atoms with Crippen molar-refractivity contribution in [3.05, 3.63) is 63.7 Å². The van der Waals surface area contributed by atoms with Gasteiger partial charge in [0.1, 0.15) is 5.75 Å². The molecule has 0 saturated carbocycles. The van der Waals surface area contributed by atoms with Gasteiger partial charge in [0.25, 0.3) is 0 Å². The van der Waals surface area contributed by atoms with E-state index >= 15 is 0 Å². The van der Waals surface area contributed by atoms with Crippen molar-refractivity contribution in [3.8, 4) is 17.6 Å². The zero-order chi connectivity index (χ0) is 19.3. The van der Waals surface area contributed by atoms with E-state index in [2.05, 4.69) is 0 Å². The minimum Gasteiger partial charge on any atom is -0.462 e. The van der Waals surface area contributed by atoms with Crippen LogP contribution in [0.1, 0.15) is 36.7 Å². The molecule has 134 valence electrons. The molecule has 2 aromatic carbocycles. The van der Waals surface area contributed by atoms with Gasteiger partial charge in [0.15, 0.2) is 0 Å². The number of hydrogen-bond acceptors (Lipinski definition) is 6. The lowest BCUT2D eigenvalue weighted by molar-refractivity contribution is -0.385. The number of ether oxygens (including phenoxy) is 2. The van der Waals surface area contributed by atoms with Gasteiger partial charge in [0.05, 0.1) is 28.7 Å². The molecule has 0 aliphatic rings. The molecule has 0 amide bonds. The smallest absolute Gasteiger partial charge is 0.338 e. The molecule has 0 heterocycles.